The van der Waals surface area contributed by atoms with Gasteiger partial charge in [-0.15, -0.1) is 0 Å². The smallest absolute Gasteiger partial charge is 0.319 e. The summed E-state index contributed by atoms with van der Waals surface area (Å²) >= 11 is 0. The number of carbonyl (C=O) groups is 4. The number of amides is 3. The molecule has 3 aromatic carbocycles. The number of urea groups is 1. The van der Waals surface area contributed by atoms with Crippen LogP contribution in [0.5, 0.6) is 0 Å². The second-order valence-corrected chi connectivity index (χ2v) is 10.1. The number of carboxylic acid groups (broad SMARTS) is 1. The fourth-order valence-corrected chi connectivity index (χ4v) is 4.14. The Morgan fingerprint density at radius 1 is 0.921 bits per heavy atom. The van der Waals surface area contributed by atoms with E-state index in [-0.39, 0.29) is 30.1 Å². The van der Waals surface area contributed by atoms with Gasteiger partial charge < -0.3 is 30.3 Å². The van der Waals surface area contributed by atoms with Gasteiger partial charge in [0.1, 0.15) is 6.04 Å². The average Bonchev–Trinajstić information content (AvgIpc) is 2.99. The first kappa shape index (κ1) is 26.4. The average molecular weight is 514 g/mol. The van der Waals surface area contributed by atoms with Crippen LogP contribution in [0.3, 0.4) is 0 Å². The Labute approximate surface area is 221 Å². The zero-order chi connectivity index (χ0) is 27.4. The number of carbonyl (C=O) groups excluding carboxylic acids is 4. The number of carboxylic acids is 1. The number of nitrogens with one attached hydrogen (secondary N) is 2. The normalized spacial score (nSPS) is 15.3. The highest BCUT2D eigenvalue weighted by atomic mass is 16.4. The highest BCUT2D eigenvalue weighted by Crippen LogP contribution is 2.37. The van der Waals surface area contributed by atoms with Crippen molar-refractivity contribution in [3.05, 3.63) is 84.4 Å². The standard InChI is InChI=1S/C29H30N4O5/c1-29(2,3)25(34)18-33-24-15-8-7-14-23(24)32(21-12-5-4-6-13-21)17-22(26(33)35)31-28(38)30-20-11-9-10-19(16-20)27(36)37/h4-16,22H,17-18H2,1-3H3,(H,36,37)(H2,30,31,38)/p-1/t22-/m1/s1. The number of benzene rings is 3. The zero-order valence-corrected chi connectivity index (χ0v) is 21.4. The fraction of sp³-hybridized carbons (Fsp3) is 0.241. The first-order valence-corrected chi connectivity index (χ1v) is 12.2. The minimum atomic E-state index is -1.37. The minimum Gasteiger partial charge on any atom is -0.545 e. The van der Waals surface area contributed by atoms with Gasteiger partial charge in [-0.05, 0) is 42.0 Å². The van der Waals surface area contributed by atoms with Gasteiger partial charge in [-0.1, -0.05) is 63.2 Å². The predicted molar refractivity (Wildman–Crippen MR) is 143 cm³/mol. The molecule has 1 heterocycles. The molecule has 0 fully saturated rings. The lowest BCUT2D eigenvalue weighted by molar-refractivity contribution is -0.255. The van der Waals surface area contributed by atoms with E-state index in [9.17, 15) is 24.3 Å². The van der Waals surface area contributed by atoms with Crippen LogP contribution < -0.4 is 25.5 Å². The number of hydrogen-bond acceptors (Lipinski definition) is 6. The van der Waals surface area contributed by atoms with Crippen LogP contribution in [-0.4, -0.2) is 42.8 Å². The van der Waals surface area contributed by atoms with Gasteiger partial charge in [0, 0.05) is 16.8 Å². The Hall–Kier alpha value is -4.66. The Balaban J connectivity index is 1.69. The van der Waals surface area contributed by atoms with Gasteiger partial charge in [0.2, 0.25) is 0 Å². The maximum atomic E-state index is 13.9. The van der Waals surface area contributed by atoms with Gasteiger partial charge in [-0.2, -0.15) is 0 Å². The third-order valence-corrected chi connectivity index (χ3v) is 6.26. The Bertz CT molecular complexity index is 1370. The first-order valence-electron chi connectivity index (χ1n) is 12.2. The van der Waals surface area contributed by atoms with Crippen molar-refractivity contribution in [3.8, 4) is 0 Å². The van der Waals surface area contributed by atoms with Crippen LogP contribution in [0.15, 0.2) is 78.9 Å². The summed E-state index contributed by atoms with van der Waals surface area (Å²) in [6.45, 7) is 5.33. The Kier molecular flexibility index (Phi) is 7.47. The number of ketones is 1. The fourth-order valence-electron chi connectivity index (χ4n) is 4.14. The molecule has 9 heteroatoms. The SMILES string of the molecule is CC(C)(C)C(=O)CN1C(=O)[C@H](NC(=O)Nc2cccc(C(=O)[O-])c2)CN(c2ccccc2)c2ccccc21. The van der Waals surface area contributed by atoms with E-state index in [1.807, 2.05) is 47.4 Å². The summed E-state index contributed by atoms with van der Waals surface area (Å²) in [5.41, 5.74) is 1.56. The van der Waals surface area contributed by atoms with Crippen LogP contribution in [0.2, 0.25) is 0 Å². The van der Waals surface area contributed by atoms with Crippen LogP contribution in [0.4, 0.5) is 27.5 Å². The van der Waals surface area contributed by atoms with Crippen molar-refractivity contribution < 1.29 is 24.3 Å². The molecule has 2 N–H and O–H groups in total. The second kappa shape index (κ2) is 10.8. The second-order valence-electron chi connectivity index (χ2n) is 10.1. The van der Waals surface area contributed by atoms with Crippen molar-refractivity contribution in [2.24, 2.45) is 5.41 Å². The molecule has 0 saturated carbocycles. The van der Waals surface area contributed by atoms with Crippen molar-refractivity contribution in [3.63, 3.8) is 0 Å². The monoisotopic (exact) mass is 513 g/mol. The molecule has 1 aliphatic heterocycles. The lowest BCUT2D eigenvalue weighted by Crippen LogP contribution is -2.54. The Morgan fingerprint density at radius 2 is 1.58 bits per heavy atom. The molecule has 0 radical (unpaired) electrons. The highest BCUT2D eigenvalue weighted by molar-refractivity contribution is 6.08. The van der Waals surface area contributed by atoms with Gasteiger partial charge in [-0.3, -0.25) is 9.59 Å². The molecule has 38 heavy (non-hydrogen) atoms. The van der Waals surface area contributed by atoms with E-state index in [1.165, 1.54) is 29.2 Å². The van der Waals surface area contributed by atoms with E-state index in [0.717, 1.165) is 11.4 Å². The summed E-state index contributed by atoms with van der Waals surface area (Å²) < 4.78 is 0. The third-order valence-electron chi connectivity index (χ3n) is 6.26. The lowest BCUT2D eigenvalue weighted by Gasteiger charge is -2.28. The van der Waals surface area contributed by atoms with Crippen LogP contribution in [0.25, 0.3) is 0 Å². The maximum absolute atomic E-state index is 13.9. The van der Waals surface area contributed by atoms with E-state index in [4.69, 9.17) is 0 Å². The molecular formula is C29H29N4O5-. The molecule has 0 saturated heterocycles. The van der Waals surface area contributed by atoms with Crippen LogP contribution in [-0.2, 0) is 9.59 Å². The number of aromatic carboxylic acids is 1. The van der Waals surface area contributed by atoms with Gasteiger partial charge in [0.25, 0.3) is 5.91 Å². The third kappa shape index (κ3) is 5.83. The van der Waals surface area contributed by atoms with Crippen LogP contribution >= 0.6 is 0 Å². The van der Waals surface area contributed by atoms with Crippen LogP contribution in [0, 0.1) is 5.41 Å². The van der Waals surface area contributed by atoms with E-state index >= 15 is 0 Å². The summed E-state index contributed by atoms with van der Waals surface area (Å²) in [6.07, 6.45) is 0. The number of rotatable bonds is 6. The molecule has 0 unspecified atom stereocenters. The van der Waals surface area contributed by atoms with Gasteiger partial charge in [0.15, 0.2) is 5.78 Å². The number of Topliss-reactive ketones (excluding diaryl/α,β-unsaturated/α-hetero) is 1. The van der Waals surface area contributed by atoms with Crippen molar-refractivity contribution in [1.82, 2.24) is 5.32 Å². The van der Waals surface area contributed by atoms with Crippen molar-refractivity contribution in [2.75, 3.05) is 28.2 Å². The summed E-state index contributed by atoms with van der Waals surface area (Å²) in [5.74, 6) is -1.94. The molecule has 0 aromatic heterocycles. The molecule has 9 nitrogen and oxygen atoms in total. The maximum Gasteiger partial charge on any atom is 0.319 e. The highest BCUT2D eigenvalue weighted by Gasteiger charge is 2.37. The summed E-state index contributed by atoms with van der Waals surface area (Å²) in [7, 11) is 0. The van der Waals surface area contributed by atoms with E-state index in [1.54, 1.807) is 32.9 Å². The number of hydrogen-bond donors (Lipinski definition) is 2. The largest absolute Gasteiger partial charge is 0.545 e. The molecule has 1 atom stereocenters. The molecule has 3 aromatic rings. The number of nitrogens with zero attached hydrogens (tertiary/aromatic N) is 2. The number of fused-ring (bicyclic) bond motifs is 1. The van der Waals surface area contributed by atoms with Crippen molar-refractivity contribution in [1.29, 1.82) is 0 Å². The van der Waals surface area contributed by atoms with Gasteiger partial charge >= 0.3 is 6.03 Å². The van der Waals surface area contributed by atoms with Gasteiger partial charge in [-0.25, -0.2) is 4.79 Å². The number of anilines is 4. The molecular weight excluding hydrogens is 484 g/mol. The molecule has 3 amide bonds. The molecule has 0 aliphatic carbocycles. The predicted octanol–water partition coefficient (Wildman–Crippen LogP) is 3.34. The number of para-hydroxylation sites is 3. The van der Waals surface area contributed by atoms with Gasteiger partial charge in [0.05, 0.1) is 30.4 Å². The van der Waals surface area contributed by atoms with Crippen LogP contribution in [0.1, 0.15) is 31.1 Å². The summed E-state index contributed by atoms with van der Waals surface area (Å²) in [4.78, 5) is 54.5. The lowest BCUT2D eigenvalue weighted by atomic mass is 9.90. The van der Waals surface area contributed by atoms with E-state index < -0.39 is 29.4 Å². The first-order chi connectivity index (χ1) is 18.0. The molecule has 0 bridgehead atoms. The van der Waals surface area contributed by atoms with Crippen molar-refractivity contribution in [2.45, 2.75) is 26.8 Å². The zero-order valence-electron chi connectivity index (χ0n) is 21.4. The minimum absolute atomic E-state index is 0.0917. The van der Waals surface area contributed by atoms with E-state index in [0.29, 0.717) is 5.69 Å². The topological polar surface area (TPSA) is 122 Å². The summed E-state index contributed by atoms with van der Waals surface area (Å²) in [5, 5.41) is 16.5. The van der Waals surface area contributed by atoms with Crippen molar-refractivity contribution >= 4 is 46.4 Å². The molecule has 4 rings (SSSR count). The Morgan fingerprint density at radius 3 is 2.24 bits per heavy atom. The quantitative estimate of drug-likeness (QED) is 0.521. The molecule has 196 valence electrons. The molecule has 1 aliphatic rings. The summed E-state index contributed by atoms with van der Waals surface area (Å²) in [6, 6.07) is 20.7. The van der Waals surface area contributed by atoms with E-state index in [2.05, 4.69) is 10.6 Å². The molecule has 0 spiro atoms.